The van der Waals surface area contributed by atoms with Gasteiger partial charge >= 0.3 is 0 Å². The number of aliphatic hydroxyl groups excluding tert-OH is 1. The number of hydrogen-bond acceptors (Lipinski definition) is 2. The smallest absolute Gasteiger partial charge is 0.223 e. The summed E-state index contributed by atoms with van der Waals surface area (Å²) in [6, 6.07) is 0.0784. The van der Waals surface area contributed by atoms with Crippen LogP contribution in [0.4, 0.5) is 0 Å². The Morgan fingerprint density at radius 1 is 1.11 bits per heavy atom. The molecule has 0 aromatic rings. The van der Waals surface area contributed by atoms with Crippen molar-refractivity contribution in [2.45, 2.75) is 52.0 Å². The van der Waals surface area contributed by atoms with Crippen molar-refractivity contribution in [3.05, 3.63) is 0 Å². The molecule has 0 aliphatic heterocycles. The first kappa shape index (κ1) is 13.4. The molecular formula is C16H27NO2. The van der Waals surface area contributed by atoms with E-state index in [9.17, 15) is 9.90 Å². The third kappa shape index (κ3) is 2.42. The molecule has 0 spiro atoms. The van der Waals surface area contributed by atoms with Crippen molar-refractivity contribution in [1.82, 2.24) is 5.32 Å². The first-order valence-electron chi connectivity index (χ1n) is 7.99. The highest BCUT2D eigenvalue weighted by Crippen LogP contribution is 2.56. The van der Waals surface area contributed by atoms with Gasteiger partial charge in [0.1, 0.15) is 0 Å². The van der Waals surface area contributed by atoms with Crippen LogP contribution in [-0.4, -0.2) is 23.7 Å². The van der Waals surface area contributed by atoms with Gasteiger partial charge in [-0.25, -0.2) is 0 Å². The second-order valence-corrected chi connectivity index (χ2v) is 7.41. The number of rotatable bonds is 4. The normalized spacial score (nSPS) is 43.0. The molecule has 0 aromatic heterocycles. The first-order valence-corrected chi connectivity index (χ1v) is 7.99. The van der Waals surface area contributed by atoms with E-state index >= 15 is 0 Å². The lowest BCUT2D eigenvalue weighted by Crippen LogP contribution is -2.53. The van der Waals surface area contributed by atoms with E-state index in [0.717, 1.165) is 11.8 Å². The molecule has 4 rings (SSSR count). The van der Waals surface area contributed by atoms with E-state index in [1.807, 2.05) is 13.8 Å². The third-order valence-electron chi connectivity index (χ3n) is 6.04. The van der Waals surface area contributed by atoms with Gasteiger partial charge in [-0.1, -0.05) is 6.92 Å². The lowest BCUT2D eigenvalue weighted by molar-refractivity contribution is -0.139. The third-order valence-corrected chi connectivity index (χ3v) is 6.04. The van der Waals surface area contributed by atoms with Crippen LogP contribution >= 0.6 is 0 Å². The summed E-state index contributed by atoms with van der Waals surface area (Å²) in [6.07, 6.45) is 6.58. The van der Waals surface area contributed by atoms with Gasteiger partial charge in [0.05, 0.1) is 0 Å². The van der Waals surface area contributed by atoms with Crippen molar-refractivity contribution in [2.75, 3.05) is 6.61 Å². The zero-order chi connectivity index (χ0) is 13.6. The quantitative estimate of drug-likeness (QED) is 0.818. The maximum Gasteiger partial charge on any atom is 0.223 e. The molecule has 4 aliphatic carbocycles. The molecule has 2 unspecified atom stereocenters. The van der Waals surface area contributed by atoms with E-state index in [0.29, 0.717) is 11.8 Å². The molecule has 2 N–H and O–H groups in total. The molecule has 0 aromatic carbocycles. The summed E-state index contributed by atoms with van der Waals surface area (Å²) in [4.78, 5) is 12.6. The molecular weight excluding hydrogens is 238 g/mol. The van der Waals surface area contributed by atoms with Gasteiger partial charge in [0.2, 0.25) is 5.91 Å². The van der Waals surface area contributed by atoms with Crippen LogP contribution in [0.5, 0.6) is 0 Å². The second-order valence-electron chi connectivity index (χ2n) is 7.41. The lowest BCUT2D eigenvalue weighted by atomic mass is 9.51. The summed E-state index contributed by atoms with van der Waals surface area (Å²) in [7, 11) is 0. The number of hydrogen-bond donors (Lipinski definition) is 2. The Kier molecular flexibility index (Phi) is 3.59. The van der Waals surface area contributed by atoms with Crippen molar-refractivity contribution in [2.24, 2.45) is 35.5 Å². The predicted molar refractivity (Wildman–Crippen MR) is 74.4 cm³/mol. The molecule has 4 aliphatic rings. The summed E-state index contributed by atoms with van der Waals surface area (Å²) in [6.45, 7) is 4.14. The van der Waals surface area contributed by atoms with Gasteiger partial charge in [0.25, 0.3) is 0 Å². The molecule has 4 bridgehead atoms. The lowest BCUT2D eigenvalue weighted by Gasteiger charge is -2.53. The number of nitrogens with one attached hydrogen (secondary N) is 1. The van der Waals surface area contributed by atoms with Gasteiger partial charge < -0.3 is 10.4 Å². The molecule has 1 amide bonds. The SMILES string of the molecule is CC(CO)C(C)NC(=O)C1C2CC3CC(C2)CC1C3. The summed E-state index contributed by atoms with van der Waals surface area (Å²) in [5.74, 6) is 3.80. The van der Waals surface area contributed by atoms with E-state index in [4.69, 9.17) is 0 Å². The minimum absolute atomic E-state index is 0.0784. The predicted octanol–water partition coefficient (Wildman–Crippen LogP) is 2.19. The maximum atomic E-state index is 12.6. The van der Waals surface area contributed by atoms with Crippen molar-refractivity contribution < 1.29 is 9.90 Å². The highest BCUT2D eigenvalue weighted by atomic mass is 16.3. The second kappa shape index (κ2) is 5.08. The molecule has 3 nitrogen and oxygen atoms in total. The van der Waals surface area contributed by atoms with Crippen LogP contribution in [-0.2, 0) is 4.79 Å². The van der Waals surface area contributed by atoms with Gasteiger partial charge in [-0.3, -0.25) is 4.79 Å². The van der Waals surface area contributed by atoms with Crippen molar-refractivity contribution in [3.8, 4) is 0 Å². The molecule has 3 heteroatoms. The minimum Gasteiger partial charge on any atom is -0.396 e. The molecule has 108 valence electrons. The van der Waals surface area contributed by atoms with Gasteiger partial charge in [-0.2, -0.15) is 0 Å². The molecule has 0 radical (unpaired) electrons. The molecule has 4 fully saturated rings. The van der Waals surface area contributed by atoms with Gasteiger partial charge in [-0.05, 0) is 68.6 Å². The Morgan fingerprint density at radius 2 is 1.63 bits per heavy atom. The molecule has 0 saturated heterocycles. The summed E-state index contributed by atoms with van der Waals surface area (Å²) in [5, 5.41) is 12.3. The van der Waals surface area contributed by atoms with Crippen LogP contribution < -0.4 is 5.32 Å². The van der Waals surface area contributed by atoms with Crippen LogP contribution in [0.3, 0.4) is 0 Å². The minimum atomic E-state index is 0.0784. The average molecular weight is 265 g/mol. The standard InChI is InChI=1S/C16H27NO2/c1-9(8-18)10(2)17-16(19)15-13-4-11-3-12(6-13)7-14(15)5-11/h9-15,18H,3-8H2,1-2H3,(H,17,19). The number of carbonyl (C=O) groups excluding carboxylic acids is 1. The molecule has 19 heavy (non-hydrogen) atoms. The Labute approximate surface area is 116 Å². The number of aliphatic hydroxyl groups is 1. The summed E-state index contributed by atoms with van der Waals surface area (Å²) in [5.41, 5.74) is 0. The van der Waals surface area contributed by atoms with Gasteiger partial charge in [0, 0.05) is 18.6 Å². The number of amides is 1. The van der Waals surface area contributed by atoms with E-state index < -0.39 is 0 Å². The first-order chi connectivity index (χ1) is 9.08. The summed E-state index contributed by atoms with van der Waals surface area (Å²) < 4.78 is 0. The maximum absolute atomic E-state index is 12.6. The Morgan fingerprint density at radius 3 is 2.11 bits per heavy atom. The van der Waals surface area contributed by atoms with Gasteiger partial charge in [0.15, 0.2) is 0 Å². The van der Waals surface area contributed by atoms with E-state index in [1.54, 1.807) is 0 Å². The fourth-order valence-corrected chi connectivity index (χ4v) is 4.97. The van der Waals surface area contributed by atoms with E-state index in [2.05, 4.69) is 5.32 Å². The monoisotopic (exact) mass is 265 g/mol. The van der Waals surface area contributed by atoms with Crippen LogP contribution in [0.25, 0.3) is 0 Å². The highest BCUT2D eigenvalue weighted by Gasteiger charge is 2.50. The van der Waals surface area contributed by atoms with Crippen LogP contribution in [0.2, 0.25) is 0 Å². The van der Waals surface area contributed by atoms with Crippen molar-refractivity contribution in [1.29, 1.82) is 0 Å². The largest absolute Gasteiger partial charge is 0.396 e. The number of carbonyl (C=O) groups is 1. The zero-order valence-electron chi connectivity index (χ0n) is 12.1. The Hall–Kier alpha value is -0.570. The van der Waals surface area contributed by atoms with Crippen molar-refractivity contribution >= 4 is 5.91 Å². The average Bonchev–Trinajstić information content (AvgIpc) is 2.36. The fourth-order valence-electron chi connectivity index (χ4n) is 4.97. The summed E-state index contributed by atoms with van der Waals surface area (Å²) >= 11 is 0. The molecule has 0 heterocycles. The fraction of sp³-hybridized carbons (Fsp3) is 0.938. The Bertz CT molecular complexity index is 327. The van der Waals surface area contributed by atoms with Crippen LogP contribution in [0.1, 0.15) is 46.0 Å². The van der Waals surface area contributed by atoms with Crippen LogP contribution in [0, 0.1) is 35.5 Å². The molecule has 2 atom stereocenters. The highest BCUT2D eigenvalue weighted by molar-refractivity contribution is 5.80. The zero-order valence-corrected chi connectivity index (χ0v) is 12.1. The van der Waals surface area contributed by atoms with E-state index in [-0.39, 0.29) is 30.4 Å². The topological polar surface area (TPSA) is 49.3 Å². The van der Waals surface area contributed by atoms with Crippen LogP contribution in [0.15, 0.2) is 0 Å². The van der Waals surface area contributed by atoms with Crippen molar-refractivity contribution in [3.63, 3.8) is 0 Å². The van der Waals surface area contributed by atoms with Gasteiger partial charge in [-0.15, -0.1) is 0 Å². The Balaban J connectivity index is 1.64. The molecule has 4 saturated carbocycles. The van der Waals surface area contributed by atoms with E-state index in [1.165, 1.54) is 32.1 Å².